The standard InChI is InChI=1S/C24H32N2O11/c1-12(20(30)25-11-5-8-14(25)22(31)32)26(15(23(33)34)10-9-13-6-3-2-4-7-13)21-18(29)16(27)17(28)19(37-21)24(35)36/h2-4,6-7,12,14-19,21,27-29H,5,8-11H2,1H3,(H,31,32)(H,33,34)(H,35,36)/t12-,14-,15-,16-,17-,18+,19-,21+/m0/s1. The number of carbonyl (C=O) groups excluding carboxylic acids is 1. The van der Waals surface area contributed by atoms with Crippen molar-refractivity contribution in [1.29, 1.82) is 0 Å². The topological polar surface area (TPSA) is 205 Å². The molecule has 0 aromatic heterocycles. The van der Waals surface area contributed by atoms with Gasteiger partial charge in [0.1, 0.15) is 36.6 Å². The van der Waals surface area contributed by atoms with Crippen molar-refractivity contribution in [3.8, 4) is 0 Å². The summed E-state index contributed by atoms with van der Waals surface area (Å²) in [6.45, 7) is 1.42. The molecular weight excluding hydrogens is 492 g/mol. The van der Waals surface area contributed by atoms with Crippen molar-refractivity contribution < 1.29 is 54.6 Å². The Hall–Kier alpha value is -3.10. The van der Waals surface area contributed by atoms with Crippen LogP contribution in [0, 0.1) is 0 Å². The number of ether oxygens (including phenoxy) is 1. The number of carboxylic acid groups (broad SMARTS) is 3. The molecule has 0 bridgehead atoms. The van der Waals surface area contributed by atoms with Gasteiger partial charge in [-0.2, -0.15) is 0 Å². The molecule has 13 nitrogen and oxygen atoms in total. The van der Waals surface area contributed by atoms with E-state index in [9.17, 15) is 49.8 Å². The largest absolute Gasteiger partial charge is 0.480 e. The van der Waals surface area contributed by atoms with Crippen molar-refractivity contribution >= 4 is 23.8 Å². The molecule has 2 saturated heterocycles. The minimum absolute atomic E-state index is 0.0949. The van der Waals surface area contributed by atoms with Crippen molar-refractivity contribution in [2.24, 2.45) is 0 Å². The third-order valence-electron chi connectivity index (χ3n) is 6.95. The number of benzene rings is 1. The van der Waals surface area contributed by atoms with Crippen molar-refractivity contribution in [1.82, 2.24) is 9.80 Å². The average molecular weight is 525 g/mol. The highest BCUT2D eigenvalue weighted by Gasteiger charge is 2.53. The van der Waals surface area contributed by atoms with Gasteiger partial charge in [0.25, 0.3) is 0 Å². The zero-order chi connectivity index (χ0) is 27.4. The Bertz CT molecular complexity index is 990. The molecule has 8 atom stereocenters. The summed E-state index contributed by atoms with van der Waals surface area (Å²) in [7, 11) is 0. The third-order valence-corrected chi connectivity index (χ3v) is 6.95. The number of aliphatic hydroxyl groups is 3. The lowest BCUT2D eigenvalue weighted by atomic mass is 9.94. The lowest BCUT2D eigenvalue weighted by Crippen LogP contribution is -2.69. The molecule has 2 aliphatic rings. The number of carbonyl (C=O) groups is 4. The van der Waals surface area contributed by atoms with E-state index in [-0.39, 0.29) is 25.8 Å². The summed E-state index contributed by atoms with van der Waals surface area (Å²) in [6, 6.07) is 4.81. The number of carboxylic acids is 3. The Morgan fingerprint density at radius 2 is 1.65 bits per heavy atom. The molecule has 37 heavy (non-hydrogen) atoms. The summed E-state index contributed by atoms with van der Waals surface area (Å²) >= 11 is 0. The van der Waals surface area contributed by atoms with Gasteiger partial charge in [-0.25, -0.2) is 9.59 Å². The van der Waals surface area contributed by atoms with Crippen LogP contribution in [0.25, 0.3) is 0 Å². The lowest BCUT2D eigenvalue weighted by Gasteiger charge is -2.47. The average Bonchev–Trinajstić information content (AvgIpc) is 3.35. The summed E-state index contributed by atoms with van der Waals surface area (Å²) in [4.78, 5) is 51.4. The fraction of sp³-hybridized carbons (Fsp3) is 0.583. The van der Waals surface area contributed by atoms with E-state index in [4.69, 9.17) is 4.74 Å². The fourth-order valence-electron chi connectivity index (χ4n) is 4.98. The molecule has 0 unspecified atom stereocenters. The molecule has 2 fully saturated rings. The van der Waals surface area contributed by atoms with Crippen molar-refractivity contribution in [3.05, 3.63) is 35.9 Å². The second-order valence-electron chi connectivity index (χ2n) is 9.29. The maximum atomic E-state index is 13.5. The van der Waals surface area contributed by atoms with E-state index in [0.29, 0.717) is 6.42 Å². The lowest BCUT2D eigenvalue weighted by molar-refractivity contribution is -0.268. The molecule has 0 radical (unpaired) electrons. The van der Waals surface area contributed by atoms with Crippen LogP contribution in [0.2, 0.25) is 0 Å². The van der Waals surface area contributed by atoms with Gasteiger partial charge in [0.05, 0.1) is 6.04 Å². The van der Waals surface area contributed by atoms with Crippen LogP contribution in [0.1, 0.15) is 31.7 Å². The number of hydrogen-bond donors (Lipinski definition) is 6. The molecular formula is C24H32N2O11. The van der Waals surface area contributed by atoms with Gasteiger partial charge in [-0.3, -0.25) is 14.5 Å². The number of nitrogens with zero attached hydrogens (tertiary/aromatic N) is 2. The second-order valence-corrected chi connectivity index (χ2v) is 9.29. The van der Waals surface area contributed by atoms with Gasteiger partial charge in [-0.05, 0) is 38.2 Å². The Balaban J connectivity index is 2.00. The minimum Gasteiger partial charge on any atom is -0.480 e. The molecule has 0 saturated carbocycles. The molecule has 1 aromatic rings. The van der Waals surface area contributed by atoms with Gasteiger partial charge in [0.15, 0.2) is 6.10 Å². The number of amides is 1. The molecule has 13 heteroatoms. The third kappa shape index (κ3) is 6.08. The normalized spacial score (nSPS) is 29.6. The van der Waals surface area contributed by atoms with E-state index < -0.39 is 72.6 Å². The van der Waals surface area contributed by atoms with E-state index in [0.717, 1.165) is 15.4 Å². The first kappa shape index (κ1) is 28.5. The van der Waals surface area contributed by atoms with E-state index in [1.165, 1.54) is 6.92 Å². The molecule has 2 heterocycles. The van der Waals surface area contributed by atoms with Crippen LogP contribution in [-0.4, -0.2) is 120 Å². The number of likely N-dealkylation sites (tertiary alicyclic amines) is 1. The smallest absolute Gasteiger partial charge is 0.335 e. The number of rotatable bonds is 10. The van der Waals surface area contributed by atoms with E-state index >= 15 is 0 Å². The zero-order valence-corrected chi connectivity index (χ0v) is 20.2. The van der Waals surface area contributed by atoms with Crippen molar-refractivity contribution in [2.75, 3.05) is 6.54 Å². The SMILES string of the molecule is C[C@@H](C(=O)N1CCC[C@H]1C(=O)O)N([C@@H]1O[C@H](C(=O)O)[C@@H](O)[C@H](O)[C@H]1O)[C@@H](CCc1ccccc1)C(=O)O. The Morgan fingerprint density at radius 3 is 2.22 bits per heavy atom. The summed E-state index contributed by atoms with van der Waals surface area (Å²) < 4.78 is 5.41. The molecule has 3 rings (SSSR count). The predicted molar refractivity (Wildman–Crippen MR) is 124 cm³/mol. The summed E-state index contributed by atoms with van der Waals surface area (Å²) in [5.74, 6) is -5.04. The second kappa shape index (κ2) is 12.0. The maximum Gasteiger partial charge on any atom is 0.335 e. The number of aliphatic hydroxyl groups excluding tert-OH is 3. The van der Waals surface area contributed by atoms with Crippen LogP contribution >= 0.6 is 0 Å². The summed E-state index contributed by atoms with van der Waals surface area (Å²) in [5, 5.41) is 60.4. The number of hydrogen-bond acceptors (Lipinski definition) is 9. The highest BCUT2D eigenvalue weighted by Crippen LogP contribution is 2.30. The molecule has 1 aromatic carbocycles. The Morgan fingerprint density at radius 1 is 1.00 bits per heavy atom. The first-order valence-corrected chi connectivity index (χ1v) is 12.0. The molecule has 1 amide bonds. The van der Waals surface area contributed by atoms with Crippen LogP contribution in [0.5, 0.6) is 0 Å². The highest BCUT2D eigenvalue weighted by molar-refractivity contribution is 5.88. The molecule has 0 spiro atoms. The van der Waals surface area contributed by atoms with Gasteiger partial charge in [-0.15, -0.1) is 0 Å². The van der Waals surface area contributed by atoms with Crippen molar-refractivity contribution in [2.45, 2.75) is 81.4 Å². The monoisotopic (exact) mass is 524 g/mol. The quantitative estimate of drug-likeness (QED) is 0.212. The van der Waals surface area contributed by atoms with E-state index in [1.54, 1.807) is 30.3 Å². The van der Waals surface area contributed by atoms with Crippen molar-refractivity contribution in [3.63, 3.8) is 0 Å². The van der Waals surface area contributed by atoms with Crippen LogP contribution in [0.4, 0.5) is 0 Å². The summed E-state index contributed by atoms with van der Waals surface area (Å²) in [5.41, 5.74) is 0.780. The van der Waals surface area contributed by atoms with E-state index in [1.807, 2.05) is 0 Å². The van der Waals surface area contributed by atoms with E-state index in [2.05, 4.69) is 0 Å². The number of aliphatic carboxylic acids is 3. The van der Waals surface area contributed by atoms with Crippen LogP contribution in [-0.2, 0) is 30.3 Å². The molecule has 2 aliphatic heterocycles. The summed E-state index contributed by atoms with van der Waals surface area (Å²) in [6.07, 6.45) is -9.09. The van der Waals surface area contributed by atoms with Gasteiger partial charge >= 0.3 is 17.9 Å². The molecule has 6 N–H and O–H groups in total. The first-order valence-electron chi connectivity index (χ1n) is 12.0. The molecule has 0 aliphatic carbocycles. The Labute approximate surface area is 212 Å². The van der Waals surface area contributed by atoms with Crippen LogP contribution in [0.15, 0.2) is 30.3 Å². The Kier molecular flexibility index (Phi) is 9.21. The predicted octanol–water partition coefficient (Wildman–Crippen LogP) is -1.27. The van der Waals surface area contributed by atoms with Crippen LogP contribution < -0.4 is 0 Å². The number of aryl methyl sites for hydroxylation is 1. The fourth-order valence-corrected chi connectivity index (χ4v) is 4.98. The van der Waals surface area contributed by atoms with Gasteiger partial charge < -0.3 is 40.3 Å². The van der Waals surface area contributed by atoms with Gasteiger partial charge in [-0.1, -0.05) is 30.3 Å². The van der Waals surface area contributed by atoms with Gasteiger partial charge in [0, 0.05) is 6.54 Å². The van der Waals surface area contributed by atoms with Gasteiger partial charge in [0.2, 0.25) is 5.91 Å². The molecule has 204 valence electrons. The minimum atomic E-state index is -2.02. The van der Waals surface area contributed by atoms with Crippen LogP contribution in [0.3, 0.4) is 0 Å². The highest BCUT2D eigenvalue weighted by atomic mass is 16.6. The zero-order valence-electron chi connectivity index (χ0n) is 20.2. The maximum absolute atomic E-state index is 13.5. The first-order chi connectivity index (χ1) is 17.5.